The molecule has 0 saturated carbocycles. The van der Waals surface area contributed by atoms with Gasteiger partial charge in [-0.15, -0.1) is 0 Å². The first-order chi connectivity index (χ1) is 12.1. The van der Waals surface area contributed by atoms with Crippen LogP contribution in [-0.2, 0) is 7.05 Å². The van der Waals surface area contributed by atoms with Crippen LogP contribution < -0.4 is 4.74 Å². The van der Waals surface area contributed by atoms with Crippen molar-refractivity contribution < 1.29 is 4.74 Å². The van der Waals surface area contributed by atoms with Crippen molar-refractivity contribution in [3.05, 3.63) is 55.1 Å². The van der Waals surface area contributed by atoms with Gasteiger partial charge in [0.15, 0.2) is 5.65 Å². The van der Waals surface area contributed by atoms with Gasteiger partial charge in [0.2, 0.25) is 0 Å². The van der Waals surface area contributed by atoms with Gasteiger partial charge in [0.25, 0.3) is 0 Å². The maximum absolute atomic E-state index is 5.79. The van der Waals surface area contributed by atoms with E-state index in [9.17, 15) is 0 Å². The SMILES string of the molecule is CC(C)Oc1cccc(-c2cn3c(-c4ccnn4C)cnc3cn2)c1. The molecule has 4 aromatic rings. The molecule has 0 bridgehead atoms. The summed E-state index contributed by atoms with van der Waals surface area (Å²) >= 11 is 0. The highest BCUT2D eigenvalue weighted by Gasteiger charge is 2.11. The minimum Gasteiger partial charge on any atom is -0.491 e. The number of ether oxygens (including phenoxy) is 1. The molecule has 0 N–H and O–H groups in total. The fourth-order valence-corrected chi connectivity index (χ4v) is 2.85. The summed E-state index contributed by atoms with van der Waals surface area (Å²) in [4.78, 5) is 9.00. The predicted molar refractivity (Wildman–Crippen MR) is 96.4 cm³/mol. The minimum atomic E-state index is 0.135. The molecule has 0 amide bonds. The number of aromatic nitrogens is 5. The Morgan fingerprint density at radius 3 is 2.68 bits per heavy atom. The van der Waals surface area contributed by atoms with Crippen LogP contribution in [0.2, 0.25) is 0 Å². The van der Waals surface area contributed by atoms with Crippen LogP contribution in [0.4, 0.5) is 0 Å². The molecular formula is C19H19N5O. The van der Waals surface area contributed by atoms with E-state index in [1.165, 1.54) is 0 Å². The van der Waals surface area contributed by atoms with E-state index in [2.05, 4.69) is 15.1 Å². The zero-order chi connectivity index (χ0) is 17.4. The van der Waals surface area contributed by atoms with Gasteiger partial charge < -0.3 is 4.74 Å². The molecule has 3 heterocycles. The van der Waals surface area contributed by atoms with Gasteiger partial charge in [0, 0.05) is 25.0 Å². The third-order valence-corrected chi connectivity index (χ3v) is 3.98. The maximum Gasteiger partial charge on any atom is 0.155 e. The van der Waals surface area contributed by atoms with E-state index in [1.807, 2.05) is 72.7 Å². The van der Waals surface area contributed by atoms with Gasteiger partial charge in [-0.25, -0.2) is 4.98 Å². The van der Waals surface area contributed by atoms with Crippen LogP contribution in [0.1, 0.15) is 13.8 Å². The third-order valence-electron chi connectivity index (χ3n) is 3.98. The first-order valence-electron chi connectivity index (χ1n) is 8.20. The Morgan fingerprint density at radius 2 is 1.92 bits per heavy atom. The fourth-order valence-electron chi connectivity index (χ4n) is 2.85. The van der Waals surface area contributed by atoms with Crippen molar-refractivity contribution in [2.45, 2.75) is 20.0 Å². The van der Waals surface area contributed by atoms with E-state index in [1.54, 1.807) is 12.4 Å². The summed E-state index contributed by atoms with van der Waals surface area (Å²) in [5.74, 6) is 0.840. The lowest BCUT2D eigenvalue weighted by atomic mass is 10.1. The van der Waals surface area contributed by atoms with Gasteiger partial charge >= 0.3 is 0 Å². The van der Waals surface area contributed by atoms with E-state index >= 15 is 0 Å². The standard InChI is InChI=1S/C19H19N5O/c1-13(2)25-15-6-4-5-14(9-15)16-12-24-18(10-21-19(24)11-20-16)17-7-8-22-23(17)3/h4-13H,1-3H3. The van der Waals surface area contributed by atoms with Crippen LogP contribution in [0.25, 0.3) is 28.3 Å². The van der Waals surface area contributed by atoms with Crippen molar-refractivity contribution in [1.29, 1.82) is 0 Å². The lowest BCUT2D eigenvalue weighted by Gasteiger charge is -2.11. The molecule has 1 aromatic carbocycles. The summed E-state index contributed by atoms with van der Waals surface area (Å²) in [6.07, 6.45) is 7.54. The van der Waals surface area contributed by atoms with Gasteiger partial charge in [-0.3, -0.25) is 14.1 Å². The number of imidazole rings is 1. The Labute approximate surface area is 145 Å². The Morgan fingerprint density at radius 1 is 1.04 bits per heavy atom. The molecule has 6 nitrogen and oxygen atoms in total. The number of rotatable bonds is 4. The summed E-state index contributed by atoms with van der Waals surface area (Å²) in [6.45, 7) is 4.03. The molecule has 3 aromatic heterocycles. The highest BCUT2D eigenvalue weighted by atomic mass is 16.5. The van der Waals surface area contributed by atoms with Crippen molar-refractivity contribution in [3.63, 3.8) is 0 Å². The van der Waals surface area contributed by atoms with Crippen molar-refractivity contribution in [3.8, 4) is 28.4 Å². The number of aryl methyl sites for hydroxylation is 1. The second-order valence-electron chi connectivity index (χ2n) is 6.18. The van der Waals surface area contributed by atoms with Gasteiger partial charge in [-0.2, -0.15) is 5.10 Å². The molecule has 0 spiro atoms. The molecule has 0 radical (unpaired) electrons. The highest BCUT2D eigenvalue weighted by molar-refractivity contribution is 5.65. The summed E-state index contributed by atoms with van der Waals surface area (Å²) < 4.78 is 9.66. The van der Waals surface area contributed by atoms with Crippen molar-refractivity contribution >= 4 is 5.65 Å². The molecule has 0 fully saturated rings. The lowest BCUT2D eigenvalue weighted by molar-refractivity contribution is 0.242. The van der Waals surface area contributed by atoms with Crippen LogP contribution in [0.3, 0.4) is 0 Å². The molecule has 0 aliphatic carbocycles. The molecule has 0 atom stereocenters. The zero-order valence-corrected chi connectivity index (χ0v) is 14.4. The molecule has 0 aliphatic rings. The average molecular weight is 333 g/mol. The number of hydrogen-bond donors (Lipinski definition) is 0. The smallest absolute Gasteiger partial charge is 0.155 e. The van der Waals surface area contributed by atoms with Crippen molar-refractivity contribution in [1.82, 2.24) is 24.1 Å². The van der Waals surface area contributed by atoms with E-state index < -0.39 is 0 Å². The fraction of sp³-hybridized carbons (Fsp3) is 0.211. The first-order valence-corrected chi connectivity index (χ1v) is 8.20. The molecule has 6 heteroatoms. The minimum absolute atomic E-state index is 0.135. The van der Waals surface area contributed by atoms with Crippen LogP contribution in [-0.4, -0.2) is 30.3 Å². The summed E-state index contributed by atoms with van der Waals surface area (Å²) in [5, 5.41) is 4.24. The van der Waals surface area contributed by atoms with Crippen LogP contribution in [0, 0.1) is 0 Å². The molecule has 126 valence electrons. The maximum atomic E-state index is 5.79. The van der Waals surface area contributed by atoms with Crippen LogP contribution >= 0.6 is 0 Å². The lowest BCUT2D eigenvalue weighted by Crippen LogP contribution is -2.05. The Kier molecular flexibility index (Phi) is 3.72. The van der Waals surface area contributed by atoms with Crippen LogP contribution in [0.15, 0.2) is 55.1 Å². The van der Waals surface area contributed by atoms with E-state index in [0.717, 1.165) is 34.0 Å². The normalized spacial score (nSPS) is 11.4. The van der Waals surface area contributed by atoms with Crippen LogP contribution in [0.5, 0.6) is 5.75 Å². The first kappa shape index (κ1) is 15.4. The number of hydrogen-bond acceptors (Lipinski definition) is 4. The average Bonchev–Trinajstić information content (AvgIpc) is 3.19. The molecular weight excluding hydrogens is 314 g/mol. The second kappa shape index (κ2) is 6.05. The number of benzene rings is 1. The van der Waals surface area contributed by atoms with Crippen molar-refractivity contribution in [2.75, 3.05) is 0 Å². The molecule has 4 rings (SSSR count). The molecule has 0 saturated heterocycles. The quantitative estimate of drug-likeness (QED) is 0.573. The van der Waals surface area contributed by atoms with Gasteiger partial charge in [0.05, 0.1) is 35.6 Å². The number of fused-ring (bicyclic) bond motifs is 1. The summed E-state index contributed by atoms with van der Waals surface area (Å²) in [5.41, 5.74) is 4.65. The topological polar surface area (TPSA) is 57.2 Å². The van der Waals surface area contributed by atoms with Gasteiger partial charge in [-0.05, 0) is 32.0 Å². The predicted octanol–water partition coefficient (Wildman–Crippen LogP) is 3.58. The highest BCUT2D eigenvalue weighted by Crippen LogP contribution is 2.25. The van der Waals surface area contributed by atoms with Gasteiger partial charge in [-0.1, -0.05) is 12.1 Å². The van der Waals surface area contributed by atoms with E-state index in [4.69, 9.17) is 4.74 Å². The summed E-state index contributed by atoms with van der Waals surface area (Å²) in [7, 11) is 1.92. The third kappa shape index (κ3) is 2.87. The van der Waals surface area contributed by atoms with E-state index in [0.29, 0.717) is 0 Å². The monoisotopic (exact) mass is 333 g/mol. The Hall–Kier alpha value is -3.15. The molecule has 0 aliphatic heterocycles. The summed E-state index contributed by atoms with van der Waals surface area (Å²) in [6, 6.07) is 9.95. The largest absolute Gasteiger partial charge is 0.491 e. The van der Waals surface area contributed by atoms with Crippen molar-refractivity contribution in [2.24, 2.45) is 7.05 Å². The molecule has 25 heavy (non-hydrogen) atoms. The van der Waals surface area contributed by atoms with E-state index in [-0.39, 0.29) is 6.10 Å². The molecule has 0 unspecified atom stereocenters. The van der Waals surface area contributed by atoms with Gasteiger partial charge in [0.1, 0.15) is 5.75 Å². The Bertz CT molecular complexity index is 1030. The zero-order valence-electron chi connectivity index (χ0n) is 14.4. The Balaban J connectivity index is 1.80. The second-order valence-corrected chi connectivity index (χ2v) is 6.18. The number of nitrogens with zero attached hydrogens (tertiary/aromatic N) is 5.